The number of ether oxygens (including phenoxy) is 1. The van der Waals surface area contributed by atoms with Gasteiger partial charge in [0, 0.05) is 5.56 Å². The van der Waals surface area contributed by atoms with E-state index in [1.165, 1.54) is 0 Å². The van der Waals surface area contributed by atoms with Gasteiger partial charge in [0.05, 0.1) is 17.5 Å². The molecule has 2 aromatic heterocycles. The van der Waals surface area contributed by atoms with Gasteiger partial charge in [-0.25, -0.2) is 14.3 Å². The molecule has 0 fully saturated rings. The van der Waals surface area contributed by atoms with E-state index >= 15 is 0 Å². The number of carboxylic acids is 1. The van der Waals surface area contributed by atoms with Gasteiger partial charge in [-0.2, -0.15) is 44.6 Å². The van der Waals surface area contributed by atoms with Crippen molar-refractivity contribution in [2.24, 2.45) is 0 Å². The number of hydrogen-bond donors (Lipinski definition) is 1. The van der Waals surface area contributed by atoms with Gasteiger partial charge in [0.25, 0.3) is 0 Å². The Hall–Kier alpha value is -3.52. The first-order valence-electron chi connectivity index (χ1n) is 8.18. The van der Waals surface area contributed by atoms with Crippen LogP contribution in [0.3, 0.4) is 0 Å². The summed E-state index contributed by atoms with van der Waals surface area (Å²) >= 11 is 0. The molecular formula is C17H8F9N3O3. The van der Waals surface area contributed by atoms with Gasteiger partial charge >= 0.3 is 24.5 Å². The Balaban J connectivity index is 2.23. The Bertz CT molecular complexity index is 1180. The van der Waals surface area contributed by atoms with E-state index in [2.05, 4.69) is 14.8 Å². The molecule has 0 aliphatic carbocycles. The summed E-state index contributed by atoms with van der Waals surface area (Å²) in [7, 11) is 0. The van der Waals surface area contributed by atoms with Crippen LogP contribution in [-0.2, 0) is 12.4 Å². The number of aromatic carboxylic acids is 1. The third-order valence-electron chi connectivity index (χ3n) is 3.97. The van der Waals surface area contributed by atoms with Crippen molar-refractivity contribution in [3.63, 3.8) is 0 Å². The van der Waals surface area contributed by atoms with Crippen LogP contribution in [0.5, 0.6) is 5.75 Å². The van der Waals surface area contributed by atoms with Gasteiger partial charge in [0.2, 0.25) is 0 Å². The fourth-order valence-electron chi connectivity index (χ4n) is 2.66. The molecule has 0 aliphatic rings. The van der Waals surface area contributed by atoms with Gasteiger partial charge in [0.15, 0.2) is 17.9 Å². The van der Waals surface area contributed by atoms with Gasteiger partial charge in [-0.05, 0) is 18.2 Å². The average Bonchev–Trinajstić information content (AvgIpc) is 3.07. The number of benzene rings is 1. The van der Waals surface area contributed by atoms with Crippen LogP contribution in [0.1, 0.15) is 21.6 Å². The minimum absolute atomic E-state index is 0.179. The molecule has 0 unspecified atom stereocenters. The van der Waals surface area contributed by atoms with E-state index in [-0.39, 0.29) is 4.52 Å². The maximum absolute atomic E-state index is 13.4. The lowest BCUT2D eigenvalue weighted by Crippen LogP contribution is -2.21. The Morgan fingerprint density at radius 3 is 2.19 bits per heavy atom. The highest BCUT2D eigenvalue weighted by Gasteiger charge is 2.38. The smallest absolute Gasteiger partial charge is 0.433 e. The summed E-state index contributed by atoms with van der Waals surface area (Å²) in [6.07, 6.45) is -14.6. The molecule has 0 bridgehead atoms. The van der Waals surface area contributed by atoms with Gasteiger partial charge in [0.1, 0.15) is 11.3 Å². The predicted molar refractivity (Wildman–Crippen MR) is 86.9 cm³/mol. The third kappa shape index (κ3) is 4.70. The summed E-state index contributed by atoms with van der Waals surface area (Å²) in [5.41, 5.74) is -5.78. The first-order valence-corrected chi connectivity index (χ1v) is 8.18. The Morgan fingerprint density at radius 2 is 1.66 bits per heavy atom. The minimum atomic E-state index is -5.13. The summed E-state index contributed by atoms with van der Waals surface area (Å²) in [5.74, 6) is -2.98. The van der Waals surface area contributed by atoms with Crippen molar-refractivity contribution in [2.45, 2.75) is 18.5 Å². The monoisotopic (exact) mass is 473 g/mol. The predicted octanol–water partition coefficient (Wildman–Crippen LogP) is 5.07. The number of alkyl halides is 9. The molecule has 0 radical (unpaired) electrons. The molecule has 0 atom stereocenters. The van der Waals surface area contributed by atoms with Crippen LogP contribution in [0.4, 0.5) is 39.5 Å². The highest BCUT2D eigenvalue weighted by molar-refractivity contribution is 5.94. The number of rotatable bonds is 4. The molecule has 172 valence electrons. The molecule has 3 rings (SSSR count). The topological polar surface area (TPSA) is 76.7 Å². The van der Waals surface area contributed by atoms with Crippen LogP contribution in [0.15, 0.2) is 30.5 Å². The zero-order valence-electron chi connectivity index (χ0n) is 15.1. The molecule has 15 heteroatoms. The van der Waals surface area contributed by atoms with Crippen LogP contribution in [-0.4, -0.2) is 38.5 Å². The number of fused-ring (bicyclic) bond motifs is 1. The van der Waals surface area contributed by atoms with Crippen LogP contribution in [0.25, 0.3) is 16.9 Å². The van der Waals surface area contributed by atoms with E-state index in [1.807, 2.05) is 0 Å². The third-order valence-corrected chi connectivity index (χ3v) is 3.97. The number of aromatic nitrogens is 3. The van der Waals surface area contributed by atoms with Crippen molar-refractivity contribution in [2.75, 3.05) is 6.61 Å². The average molecular weight is 473 g/mol. The summed E-state index contributed by atoms with van der Waals surface area (Å²) in [4.78, 5) is 15.0. The lowest BCUT2D eigenvalue weighted by molar-refractivity contribution is -0.158. The zero-order chi connectivity index (χ0) is 24.1. The molecule has 1 N–H and O–H groups in total. The van der Waals surface area contributed by atoms with Crippen LogP contribution in [0.2, 0.25) is 0 Å². The number of halogens is 9. The SMILES string of the molecule is O=C(O)c1cnn2c(C(F)(F)F)cc(-c3ccc(C(F)(F)F)c(OCC(F)(F)F)c3)nc12. The Kier molecular flexibility index (Phi) is 5.47. The molecule has 2 heterocycles. The minimum Gasteiger partial charge on any atom is -0.483 e. The first kappa shape index (κ1) is 23.1. The quantitative estimate of drug-likeness (QED) is 0.536. The highest BCUT2D eigenvalue weighted by Crippen LogP contribution is 2.40. The summed E-state index contributed by atoms with van der Waals surface area (Å²) in [6.45, 7) is -2.09. The van der Waals surface area contributed by atoms with Crippen molar-refractivity contribution in [3.05, 3.63) is 47.3 Å². The molecule has 0 saturated heterocycles. The van der Waals surface area contributed by atoms with Crippen molar-refractivity contribution in [1.82, 2.24) is 14.6 Å². The molecule has 0 amide bonds. The van der Waals surface area contributed by atoms with Crippen molar-refractivity contribution >= 4 is 11.6 Å². The van der Waals surface area contributed by atoms with E-state index in [0.717, 1.165) is 0 Å². The summed E-state index contributed by atoms with van der Waals surface area (Å²) in [6, 6.07) is 1.78. The van der Waals surface area contributed by atoms with E-state index in [4.69, 9.17) is 5.11 Å². The normalized spacial score (nSPS) is 12.9. The van der Waals surface area contributed by atoms with Gasteiger partial charge in [-0.1, -0.05) is 6.07 Å². The number of nitrogens with zero attached hydrogens (tertiary/aromatic N) is 3. The Labute approximate surface area is 170 Å². The van der Waals surface area contributed by atoms with Crippen molar-refractivity contribution in [1.29, 1.82) is 0 Å². The van der Waals surface area contributed by atoms with Crippen molar-refractivity contribution < 1.29 is 54.2 Å². The largest absolute Gasteiger partial charge is 0.483 e. The second-order valence-corrected chi connectivity index (χ2v) is 6.24. The number of carboxylic acid groups (broad SMARTS) is 1. The lowest BCUT2D eigenvalue weighted by Gasteiger charge is -2.17. The standard InChI is InChI=1S/C17H8F9N3O3/c18-15(19,20)6-32-11-3-7(1-2-9(11)16(21,22)23)10-4-12(17(24,25)26)29-13(28-10)8(5-27-29)14(30)31/h1-5H,6H2,(H,30,31). The van der Waals surface area contributed by atoms with Crippen LogP contribution >= 0.6 is 0 Å². The molecule has 0 aliphatic heterocycles. The van der Waals surface area contributed by atoms with Crippen LogP contribution < -0.4 is 4.74 Å². The van der Waals surface area contributed by atoms with Gasteiger partial charge in [-0.15, -0.1) is 0 Å². The molecule has 32 heavy (non-hydrogen) atoms. The number of hydrogen-bond acceptors (Lipinski definition) is 4. The Morgan fingerprint density at radius 1 is 1.00 bits per heavy atom. The molecular weight excluding hydrogens is 465 g/mol. The van der Waals surface area contributed by atoms with E-state index < -0.39 is 70.6 Å². The summed E-state index contributed by atoms with van der Waals surface area (Å²) in [5, 5.41) is 12.4. The number of carbonyl (C=O) groups is 1. The first-order chi connectivity index (χ1) is 14.6. The fourth-order valence-corrected chi connectivity index (χ4v) is 2.66. The second-order valence-electron chi connectivity index (χ2n) is 6.24. The maximum atomic E-state index is 13.4. The van der Waals surface area contributed by atoms with E-state index in [9.17, 15) is 44.3 Å². The molecule has 3 aromatic rings. The molecule has 0 spiro atoms. The second kappa shape index (κ2) is 7.56. The van der Waals surface area contributed by atoms with Crippen molar-refractivity contribution in [3.8, 4) is 17.0 Å². The maximum Gasteiger partial charge on any atom is 0.433 e. The van der Waals surface area contributed by atoms with E-state index in [1.54, 1.807) is 0 Å². The van der Waals surface area contributed by atoms with Gasteiger partial charge in [-0.3, -0.25) is 0 Å². The molecule has 6 nitrogen and oxygen atoms in total. The highest BCUT2D eigenvalue weighted by atomic mass is 19.4. The lowest BCUT2D eigenvalue weighted by atomic mass is 10.1. The summed E-state index contributed by atoms with van der Waals surface area (Å²) < 4.78 is 121. The fraction of sp³-hybridized carbons (Fsp3) is 0.235. The zero-order valence-corrected chi connectivity index (χ0v) is 15.1. The molecule has 0 saturated carbocycles. The van der Waals surface area contributed by atoms with Crippen LogP contribution in [0, 0.1) is 0 Å². The molecule has 1 aromatic carbocycles. The van der Waals surface area contributed by atoms with E-state index in [0.29, 0.717) is 30.5 Å². The van der Waals surface area contributed by atoms with Gasteiger partial charge < -0.3 is 9.84 Å².